The first-order valence-corrected chi connectivity index (χ1v) is 4.91. The van der Waals surface area contributed by atoms with E-state index in [1.165, 1.54) is 0 Å². The zero-order valence-electron chi connectivity index (χ0n) is 8.33. The lowest BCUT2D eigenvalue weighted by Gasteiger charge is -2.12. The van der Waals surface area contributed by atoms with Crippen molar-refractivity contribution in [1.29, 1.82) is 0 Å². The van der Waals surface area contributed by atoms with Crippen LogP contribution in [-0.4, -0.2) is 54.3 Å². The van der Waals surface area contributed by atoms with Gasteiger partial charge in [0.25, 0.3) is 0 Å². The maximum Gasteiger partial charge on any atom is -0.0268 e. The van der Waals surface area contributed by atoms with Crippen LogP contribution in [0, 0.1) is 0 Å². The second kappa shape index (κ2) is 5.10. The summed E-state index contributed by atoms with van der Waals surface area (Å²) in [4.78, 5) is 0. The third kappa shape index (κ3) is 3.06. The van der Waals surface area contributed by atoms with Gasteiger partial charge in [-0.25, -0.2) is 0 Å². The number of H-pyrrole nitrogens is 8. The molecule has 9 N–H and O–H groups in total. The van der Waals surface area contributed by atoms with E-state index in [1.807, 2.05) is 0 Å². The van der Waals surface area contributed by atoms with Crippen molar-refractivity contribution in [3.05, 3.63) is 11.6 Å². The fourth-order valence-corrected chi connectivity index (χ4v) is 1.29. The van der Waals surface area contributed by atoms with Crippen LogP contribution in [0.5, 0.6) is 0 Å². The number of hydrogen-bond acceptors (Lipinski definition) is 1. The molecule has 2 rings (SSSR count). The molecule has 0 saturated heterocycles. The van der Waals surface area contributed by atoms with Gasteiger partial charge in [-0.3, -0.25) is 20.9 Å². The third-order valence-electron chi connectivity index (χ3n) is 2.08. The Hall–Kier alpha value is -1.90. The van der Waals surface area contributed by atoms with Crippen molar-refractivity contribution in [2.45, 2.75) is 12.8 Å². The minimum absolute atomic E-state index is 0.923. The summed E-state index contributed by atoms with van der Waals surface area (Å²) in [6.07, 6.45) is 1.85. The number of nitrogens with one attached hydrogen (secondary N) is 9. The molecule has 0 aliphatic rings. The third-order valence-corrected chi connectivity index (χ3v) is 2.08. The number of aromatic amines is 8. The van der Waals surface area contributed by atoms with Gasteiger partial charge in [-0.05, 0) is 13.1 Å². The number of rotatable bonds is 6. The monoisotopic (exact) mass is 215 g/mol. The molecule has 2 heterocycles. The van der Waals surface area contributed by atoms with Gasteiger partial charge in [-0.2, -0.15) is 11.6 Å². The highest BCUT2D eigenvalue weighted by molar-refractivity contribution is 4.79. The fourth-order valence-electron chi connectivity index (χ4n) is 1.29. The van der Waals surface area contributed by atoms with Crippen LogP contribution >= 0.6 is 0 Å². The van der Waals surface area contributed by atoms with Gasteiger partial charge >= 0.3 is 0 Å². The van der Waals surface area contributed by atoms with Crippen molar-refractivity contribution >= 4 is 0 Å². The molecule has 9 nitrogen and oxygen atoms in total. The van der Waals surface area contributed by atoms with E-state index in [0.29, 0.717) is 0 Å². The summed E-state index contributed by atoms with van der Waals surface area (Å²) in [5.41, 5.74) is 0. The molecule has 0 radical (unpaired) electrons. The average molecular weight is 215 g/mol. The fraction of sp³-hybridized carbons (Fsp3) is 0.667. The van der Waals surface area contributed by atoms with Crippen LogP contribution in [0.1, 0.15) is 11.6 Å². The maximum absolute atomic E-state index is 3.33. The van der Waals surface area contributed by atoms with E-state index in [2.05, 4.69) is 46.6 Å². The molecule has 88 valence electrons. The van der Waals surface area contributed by atoms with E-state index in [0.717, 1.165) is 37.6 Å². The van der Waals surface area contributed by atoms with Crippen molar-refractivity contribution in [2.24, 2.45) is 0 Å². The Morgan fingerprint density at radius 2 is 1.07 bits per heavy atom. The Morgan fingerprint density at radius 1 is 0.667 bits per heavy atom. The molecule has 15 heavy (non-hydrogen) atoms. The second-order valence-corrected chi connectivity index (χ2v) is 3.21. The number of tetrazole rings is 2. The highest BCUT2D eigenvalue weighted by Gasteiger charge is 1.82. The molecular formula is C6H17N9-2. The van der Waals surface area contributed by atoms with E-state index in [1.54, 1.807) is 0 Å². The van der Waals surface area contributed by atoms with E-state index in [9.17, 15) is 0 Å². The molecule has 0 aliphatic heterocycles. The lowest BCUT2D eigenvalue weighted by Crippen LogP contribution is -2.21. The van der Waals surface area contributed by atoms with Gasteiger partial charge in [-0.1, -0.05) is 0 Å². The zero-order chi connectivity index (χ0) is 10.3. The number of hydrogen-bond donors (Lipinski definition) is 9. The molecule has 0 bridgehead atoms. The standard InChI is InChI=1S/C6H17N9/c1(5-8-12-13-9-5)3-7-4-2-6-10-14-15-11-6/h7-15H,1-4H2/q-2. The van der Waals surface area contributed by atoms with Crippen LogP contribution in [-0.2, 0) is 12.8 Å². The predicted octanol–water partition coefficient (Wildman–Crippen LogP) is -0.627. The topological polar surface area (TPSA) is 138 Å². The van der Waals surface area contributed by atoms with Gasteiger partial charge in [0.05, 0.1) is 0 Å². The minimum atomic E-state index is 0.923. The summed E-state index contributed by atoms with van der Waals surface area (Å²) < 4.78 is 0. The molecule has 9 heteroatoms. The predicted molar refractivity (Wildman–Crippen MR) is 54.4 cm³/mol. The molecule has 0 atom stereocenters. The van der Waals surface area contributed by atoms with Crippen molar-refractivity contribution in [2.75, 3.05) is 13.1 Å². The van der Waals surface area contributed by atoms with Gasteiger partial charge in [0, 0.05) is 0 Å². The van der Waals surface area contributed by atoms with Crippen molar-refractivity contribution in [3.63, 3.8) is 0 Å². The maximum atomic E-state index is 3.33. The highest BCUT2D eigenvalue weighted by atomic mass is 15.5. The van der Waals surface area contributed by atoms with Crippen LogP contribution in [0.4, 0.5) is 0 Å². The van der Waals surface area contributed by atoms with E-state index >= 15 is 0 Å². The number of aromatic nitrogens is 8. The minimum Gasteiger partial charge on any atom is -0.425 e. The lowest BCUT2D eigenvalue weighted by molar-refractivity contribution is 0.655. The Kier molecular flexibility index (Phi) is 3.28. The van der Waals surface area contributed by atoms with Crippen LogP contribution in [0.3, 0.4) is 0 Å². The van der Waals surface area contributed by atoms with E-state index < -0.39 is 0 Å². The Labute approximate surface area is 85.0 Å². The molecule has 0 amide bonds. The normalized spacial score (nSPS) is 10.7. The SMILES string of the molecule is C(C[c-]1[nH][nH][nH][nH]1)NCC[c-]1[nH][nH][nH][nH]1. The first kappa shape index (κ1) is 9.65. The van der Waals surface area contributed by atoms with Crippen molar-refractivity contribution in [1.82, 2.24) is 46.6 Å². The summed E-state index contributed by atoms with van der Waals surface area (Å²) >= 11 is 0. The van der Waals surface area contributed by atoms with E-state index in [-0.39, 0.29) is 0 Å². The molecule has 0 aromatic carbocycles. The molecule has 0 fully saturated rings. The molecule has 0 aliphatic carbocycles. The summed E-state index contributed by atoms with van der Waals surface area (Å²) in [6.45, 7) is 1.85. The summed E-state index contributed by atoms with van der Waals surface area (Å²) in [5, 5.41) is 26.1. The smallest absolute Gasteiger partial charge is 0.0268 e. The van der Waals surface area contributed by atoms with Gasteiger partial charge in [0.2, 0.25) is 0 Å². The summed E-state index contributed by atoms with van der Waals surface area (Å²) in [5.74, 6) is 2.08. The second-order valence-electron chi connectivity index (χ2n) is 3.21. The Morgan fingerprint density at radius 3 is 1.47 bits per heavy atom. The van der Waals surface area contributed by atoms with Gasteiger partial charge < -0.3 is 25.7 Å². The van der Waals surface area contributed by atoms with Crippen molar-refractivity contribution in [3.8, 4) is 0 Å². The molecule has 0 saturated carbocycles. The molecule has 2 aromatic heterocycles. The van der Waals surface area contributed by atoms with Gasteiger partial charge in [0.15, 0.2) is 0 Å². The van der Waals surface area contributed by atoms with Crippen LogP contribution in [0.15, 0.2) is 0 Å². The quantitative estimate of drug-likeness (QED) is 0.230. The molecule has 0 unspecified atom stereocenters. The largest absolute Gasteiger partial charge is 0.425 e. The van der Waals surface area contributed by atoms with Crippen LogP contribution < -0.4 is 5.32 Å². The zero-order valence-corrected chi connectivity index (χ0v) is 8.33. The van der Waals surface area contributed by atoms with Gasteiger partial charge in [-0.15, -0.1) is 12.8 Å². The summed E-state index contributed by atoms with van der Waals surface area (Å²) in [6, 6.07) is 0. The van der Waals surface area contributed by atoms with Crippen molar-refractivity contribution < 1.29 is 0 Å². The summed E-state index contributed by atoms with van der Waals surface area (Å²) in [7, 11) is 0. The van der Waals surface area contributed by atoms with Crippen LogP contribution in [0.25, 0.3) is 0 Å². The van der Waals surface area contributed by atoms with Gasteiger partial charge in [0.1, 0.15) is 0 Å². The van der Waals surface area contributed by atoms with E-state index in [4.69, 9.17) is 0 Å². The highest BCUT2D eigenvalue weighted by Crippen LogP contribution is 1.85. The average Bonchev–Trinajstić information content (AvgIpc) is 2.88. The lowest BCUT2D eigenvalue weighted by atomic mass is 10.3. The van der Waals surface area contributed by atoms with Crippen LogP contribution in [0.2, 0.25) is 0 Å². The first-order chi connectivity index (χ1) is 7.45. The first-order valence-electron chi connectivity index (χ1n) is 4.91. The molecule has 2 aromatic rings. The molecule has 0 spiro atoms. The Balaban J connectivity index is 1.56. The Bertz CT molecular complexity index is 316. The molecular weight excluding hydrogens is 198 g/mol.